The number of halogens is 1. The fourth-order valence-corrected chi connectivity index (χ4v) is 1.84. The second kappa shape index (κ2) is 5.83. The predicted molar refractivity (Wildman–Crippen MR) is 81.8 cm³/mol. The van der Waals surface area contributed by atoms with Crippen LogP contribution < -0.4 is 10.6 Å². The molecule has 0 aliphatic rings. The van der Waals surface area contributed by atoms with Gasteiger partial charge >= 0.3 is 12.0 Å². The van der Waals surface area contributed by atoms with E-state index in [1.54, 1.807) is 45.9 Å². The number of rotatable bonds is 4. The van der Waals surface area contributed by atoms with Gasteiger partial charge < -0.3 is 15.7 Å². The lowest BCUT2D eigenvalue weighted by atomic mass is 9.74. The zero-order valence-electron chi connectivity index (χ0n) is 12.0. The summed E-state index contributed by atoms with van der Waals surface area (Å²) in [5.74, 6) is -0.967. The third-order valence-corrected chi connectivity index (χ3v) is 4.10. The molecular formula is C14H19BrN2O3. The Kier molecular flexibility index (Phi) is 4.81. The van der Waals surface area contributed by atoms with Gasteiger partial charge in [-0.2, -0.15) is 0 Å². The second-order valence-electron chi connectivity index (χ2n) is 5.64. The standard InChI is InChI=1S/C14H19BrN2O3/c1-13(2,11(18)19)14(3,4)17-12(20)16-10-7-5-6-9(15)8-10/h5-8H,1-4H3,(H,18,19)(H2,16,17,20). The zero-order chi connectivity index (χ0) is 15.6. The molecule has 0 atom stereocenters. The van der Waals surface area contributed by atoms with Crippen LogP contribution in [0.3, 0.4) is 0 Å². The van der Waals surface area contributed by atoms with Crippen molar-refractivity contribution in [3.05, 3.63) is 28.7 Å². The van der Waals surface area contributed by atoms with Gasteiger partial charge in [0.25, 0.3) is 0 Å². The minimum absolute atomic E-state index is 0.442. The van der Waals surface area contributed by atoms with E-state index in [9.17, 15) is 14.7 Å². The lowest BCUT2D eigenvalue weighted by Crippen LogP contribution is -2.57. The maximum Gasteiger partial charge on any atom is 0.319 e. The molecule has 20 heavy (non-hydrogen) atoms. The van der Waals surface area contributed by atoms with Crippen molar-refractivity contribution in [2.45, 2.75) is 33.2 Å². The van der Waals surface area contributed by atoms with Crippen molar-refractivity contribution < 1.29 is 14.7 Å². The average Bonchev–Trinajstić information content (AvgIpc) is 2.27. The Morgan fingerprint density at radius 3 is 2.30 bits per heavy atom. The summed E-state index contributed by atoms with van der Waals surface area (Å²) in [7, 11) is 0. The molecule has 3 N–H and O–H groups in total. The van der Waals surface area contributed by atoms with Crippen LogP contribution in [0.2, 0.25) is 0 Å². The summed E-state index contributed by atoms with van der Waals surface area (Å²) >= 11 is 3.31. The van der Waals surface area contributed by atoms with Crippen molar-refractivity contribution in [3.63, 3.8) is 0 Å². The summed E-state index contributed by atoms with van der Waals surface area (Å²) in [4.78, 5) is 23.3. The third-order valence-electron chi connectivity index (χ3n) is 3.61. The molecule has 5 nitrogen and oxygen atoms in total. The van der Waals surface area contributed by atoms with E-state index in [4.69, 9.17) is 0 Å². The Morgan fingerprint density at radius 2 is 1.80 bits per heavy atom. The molecule has 0 bridgehead atoms. The molecule has 0 saturated heterocycles. The number of carboxylic acids is 1. The van der Waals surface area contributed by atoms with Crippen LogP contribution in [-0.4, -0.2) is 22.6 Å². The minimum Gasteiger partial charge on any atom is -0.481 e. The Labute approximate surface area is 126 Å². The highest BCUT2D eigenvalue weighted by molar-refractivity contribution is 9.10. The van der Waals surface area contributed by atoms with E-state index in [2.05, 4.69) is 26.6 Å². The molecule has 0 aliphatic heterocycles. The van der Waals surface area contributed by atoms with Gasteiger partial charge in [0.15, 0.2) is 0 Å². The number of benzene rings is 1. The molecule has 0 heterocycles. The molecular weight excluding hydrogens is 324 g/mol. The van der Waals surface area contributed by atoms with Gasteiger partial charge in [-0.3, -0.25) is 4.79 Å². The van der Waals surface area contributed by atoms with Crippen LogP contribution in [0.25, 0.3) is 0 Å². The van der Waals surface area contributed by atoms with E-state index in [1.807, 2.05) is 6.07 Å². The van der Waals surface area contributed by atoms with Gasteiger partial charge in [-0.25, -0.2) is 4.79 Å². The number of hydrogen-bond acceptors (Lipinski definition) is 2. The van der Waals surface area contributed by atoms with Crippen molar-refractivity contribution in [3.8, 4) is 0 Å². The Balaban J connectivity index is 2.78. The molecule has 6 heteroatoms. The molecule has 0 radical (unpaired) electrons. The molecule has 0 aliphatic carbocycles. The van der Waals surface area contributed by atoms with Crippen molar-refractivity contribution >= 4 is 33.6 Å². The van der Waals surface area contributed by atoms with E-state index < -0.39 is 23.0 Å². The van der Waals surface area contributed by atoms with E-state index in [1.165, 1.54) is 0 Å². The number of urea groups is 1. The van der Waals surface area contributed by atoms with Gasteiger partial charge in [-0.05, 0) is 45.9 Å². The van der Waals surface area contributed by atoms with Gasteiger partial charge in [0, 0.05) is 10.2 Å². The predicted octanol–water partition coefficient (Wildman–Crippen LogP) is 3.46. The molecule has 0 fully saturated rings. The first-order chi connectivity index (χ1) is 9.06. The SMILES string of the molecule is CC(C)(NC(=O)Nc1cccc(Br)c1)C(C)(C)C(=O)O. The van der Waals surface area contributed by atoms with Crippen LogP contribution >= 0.6 is 15.9 Å². The van der Waals surface area contributed by atoms with Gasteiger partial charge in [0.1, 0.15) is 0 Å². The average molecular weight is 343 g/mol. The number of amides is 2. The zero-order valence-corrected chi connectivity index (χ0v) is 13.5. The summed E-state index contributed by atoms with van der Waals surface area (Å²) in [5, 5.41) is 14.6. The van der Waals surface area contributed by atoms with Crippen LogP contribution in [-0.2, 0) is 4.79 Å². The first-order valence-corrected chi connectivity index (χ1v) is 6.94. The monoisotopic (exact) mass is 342 g/mol. The molecule has 1 rings (SSSR count). The second-order valence-corrected chi connectivity index (χ2v) is 6.56. The minimum atomic E-state index is -1.10. The largest absolute Gasteiger partial charge is 0.481 e. The summed E-state index contributed by atoms with van der Waals surface area (Å²) < 4.78 is 0.848. The number of carbonyl (C=O) groups is 2. The molecule has 1 aromatic rings. The Morgan fingerprint density at radius 1 is 1.20 bits per heavy atom. The van der Waals surface area contributed by atoms with Gasteiger partial charge in [-0.15, -0.1) is 0 Å². The fraction of sp³-hybridized carbons (Fsp3) is 0.429. The molecule has 0 saturated carbocycles. The first kappa shape index (κ1) is 16.5. The van der Waals surface area contributed by atoms with Crippen LogP contribution in [0, 0.1) is 5.41 Å². The summed E-state index contributed by atoms with van der Waals surface area (Å²) in [5.41, 5.74) is -1.38. The highest BCUT2D eigenvalue weighted by Gasteiger charge is 2.44. The number of anilines is 1. The number of carboxylic acid groups (broad SMARTS) is 1. The van der Waals surface area contributed by atoms with Crippen molar-refractivity contribution in [2.75, 3.05) is 5.32 Å². The summed E-state index contributed by atoms with van der Waals surface area (Å²) in [6.45, 7) is 6.52. The smallest absolute Gasteiger partial charge is 0.319 e. The summed E-state index contributed by atoms with van der Waals surface area (Å²) in [6, 6.07) is 6.71. The van der Waals surface area contributed by atoms with E-state index in [0.717, 1.165) is 4.47 Å². The number of nitrogens with one attached hydrogen (secondary N) is 2. The molecule has 1 aromatic carbocycles. The topological polar surface area (TPSA) is 78.4 Å². The van der Waals surface area contributed by atoms with Gasteiger partial charge in [-0.1, -0.05) is 22.0 Å². The van der Waals surface area contributed by atoms with E-state index in [-0.39, 0.29) is 0 Å². The maximum absolute atomic E-state index is 12.0. The first-order valence-electron chi connectivity index (χ1n) is 6.14. The van der Waals surface area contributed by atoms with Gasteiger partial charge in [0.05, 0.1) is 11.0 Å². The number of aliphatic carboxylic acids is 1. The number of hydrogen-bond donors (Lipinski definition) is 3. The van der Waals surface area contributed by atoms with Crippen LogP contribution in [0.4, 0.5) is 10.5 Å². The Hall–Kier alpha value is -1.56. The molecule has 0 aromatic heterocycles. The molecule has 0 unspecified atom stereocenters. The van der Waals surface area contributed by atoms with Crippen molar-refractivity contribution in [1.29, 1.82) is 0 Å². The van der Waals surface area contributed by atoms with E-state index in [0.29, 0.717) is 5.69 Å². The van der Waals surface area contributed by atoms with Crippen molar-refractivity contribution in [2.24, 2.45) is 5.41 Å². The normalized spacial score (nSPS) is 11.8. The Bertz CT molecular complexity index is 527. The van der Waals surface area contributed by atoms with Crippen molar-refractivity contribution in [1.82, 2.24) is 5.32 Å². The molecule has 2 amide bonds. The van der Waals surface area contributed by atoms with Crippen LogP contribution in [0.15, 0.2) is 28.7 Å². The maximum atomic E-state index is 12.0. The van der Waals surface area contributed by atoms with Crippen LogP contribution in [0.5, 0.6) is 0 Å². The third kappa shape index (κ3) is 3.72. The lowest BCUT2D eigenvalue weighted by molar-refractivity contribution is -0.150. The van der Waals surface area contributed by atoms with E-state index >= 15 is 0 Å². The molecule has 110 valence electrons. The fourth-order valence-electron chi connectivity index (χ4n) is 1.44. The van der Waals surface area contributed by atoms with Crippen LogP contribution in [0.1, 0.15) is 27.7 Å². The molecule has 0 spiro atoms. The number of carbonyl (C=O) groups excluding carboxylic acids is 1. The highest BCUT2D eigenvalue weighted by atomic mass is 79.9. The van der Waals surface area contributed by atoms with Gasteiger partial charge in [0.2, 0.25) is 0 Å². The quantitative estimate of drug-likeness (QED) is 0.783. The highest BCUT2D eigenvalue weighted by Crippen LogP contribution is 2.30. The lowest BCUT2D eigenvalue weighted by Gasteiger charge is -2.38. The summed E-state index contributed by atoms with van der Waals surface area (Å²) in [6.07, 6.45) is 0.